The summed E-state index contributed by atoms with van der Waals surface area (Å²) in [6.07, 6.45) is 1.63. The van der Waals surface area contributed by atoms with Crippen molar-refractivity contribution in [3.8, 4) is 0 Å². The van der Waals surface area contributed by atoms with Crippen LogP contribution in [0.2, 0.25) is 0 Å². The maximum Gasteiger partial charge on any atom is 0.217 e. The van der Waals surface area contributed by atoms with Gasteiger partial charge in [0.2, 0.25) is 5.91 Å². The first-order valence-corrected chi connectivity index (χ1v) is 12.3. The van der Waals surface area contributed by atoms with Crippen LogP contribution in [0.5, 0.6) is 0 Å². The third-order valence-electron chi connectivity index (χ3n) is 6.26. The van der Waals surface area contributed by atoms with Gasteiger partial charge in [-0.15, -0.1) is 0 Å². The molecule has 2 atom stereocenters. The maximum atomic E-state index is 15.3. The molecule has 3 aromatic rings. The summed E-state index contributed by atoms with van der Waals surface area (Å²) < 4.78 is 15.3. The Morgan fingerprint density at radius 2 is 1.40 bits per heavy atom. The highest BCUT2D eigenvalue weighted by atomic mass is 31.2. The van der Waals surface area contributed by atoms with Crippen molar-refractivity contribution < 1.29 is 9.36 Å². The van der Waals surface area contributed by atoms with Crippen LogP contribution in [0.15, 0.2) is 72.8 Å². The number of aryl methyl sites for hydroxylation is 3. The van der Waals surface area contributed by atoms with Gasteiger partial charge in [-0.2, -0.15) is 0 Å². The number of benzene rings is 3. The smallest absolute Gasteiger partial charge is 0.217 e. The highest BCUT2D eigenvalue weighted by Gasteiger charge is 2.45. The number of amides is 1. The average molecular weight is 417 g/mol. The van der Waals surface area contributed by atoms with Crippen molar-refractivity contribution in [3.63, 3.8) is 0 Å². The molecule has 0 bridgehead atoms. The van der Waals surface area contributed by atoms with Crippen LogP contribution in [0.25, 0.3) is 0 Å². The number of hydrogen-bond acceptors (Lipinski definition) is 2. The second-order valence-corrected chi connectivity index (χ2v) is 11.2. The summed E-state index contributed by atoms with van der Waals surface area (Å²) in [6.45, 7) is 5.61. The van der Waals surface area contributed by atoms with Gasteiger partial charge in [-0.3, -0.25) is 4.79 Å². The van der Waals surface area contributed by atoms with Gasteiger partial charge >= 0.3 is 0 Å². The second kappa shape index (κ2) is 8.24. The maximum absolute atomic E-state index is 15.3. The largest absolute Gasteiger partial charge is 0.349 e. The van der Waals surface area contributed by atoms with Gasteiger partial charge in [-0.05, 0) is 48.9 Å². The van der Waals surface area contributed by atoms with Crippen molar-refractivity contribution in [1.82, 2.24) is 5.32 Å². The highest BCUT2D eigenvalue weighted by Crippen LogP contribution is 2.57. The first kappa shape index (κ1) is 20.6. The van der Waals surface area contributed by atoms with Crippen molar-refractivity contribution in [2.45, 2.75) is 45.3 Å². The standard InChI is InChI=1S/C26H28NO2P/c1-18-10-4-8-14-23(18)30(29,24-15-9-5-11-19(24)2)25-17-16-21-12-6-7-13-22(21)26(25)27-20(3)28/h4-15,25-26H,16-17H2,1-3H3,(H,27,28)/t25-,26+/m0/s1. The zero-order valence-electron chi connectivity index (χ0n) is 17.8. The molecule has 0 spiro atoms. The van der Waals surface area contributed by atoms with E-state index >= 15 is 4.57 Å². The van der Waals surface area contributed by atoms with Crippen LogP contribution in [-0.4, -0.2) is 11.6 Å². The summed E-state index contributed by atoms with van der Waals surface area (Å²) >= 11 is 0. The van der Waals surface area contributed by atoms with E-state index in [1.165, 1.54) is 5.56 Å². The Labute approximate surface area is 178 Å². The minimum Gasteiger partial charge on any atom is -0.349 e. The molecule has 30 heavy (non-hydrogen) atoms. The van der Waals surface area contributed by atoms with Crippen LogP contribution in [-0.2, 0) is 15.8 Å². The van der Waals surface area contributed by atoms with Gasteiger partial charge in [0.15, 0.2) is 0 Å². The van der Waals surface area contributed by atoms with Gasteiger partial charge < -0.3 is 9.88 Å². The van der Waals surface area contributed by atoms with Crippen molar-refractivity contribution in [1.29, 1.82) is 0 Å². The predicted molar refractivity (Wildman–Crippen MR) is 124 cm³/mol. The Kier molecular flexibility index (Phi) is 5.66. The molecule has 4 rings (SSSR count). The Morgan fingerprint density at radius 3 is 1.97 bits per heavy atom. The Hall–Kier alpha value is -2.64. The van der Waals surface area contributed by atoms with Gasteiger partial charge in [-0.1, -0.05) is 72.8 Å². The quantitative estimate of drug-likeness (QED) is 0.620. The molecule has 0 unspecified atom stereocenters. The summed E-state index contributed by atoms with van der Waals surface area (Å²) in [5.41, 5.74) is 4.19. The fraction of sp³-hybridized carbons (Fsp3) is 0.269. The molecule has 3 nitrogen and oxygen atoms in total. The van der Waals surface area contributed by atoms with Gasteiger partial charge in [-0.25, -0.2) is 0 Å². The molecule has 1 N–H and O–H groups in total. The first-order valence-electron chi connectivity index (χ1n) is 10.5. The molecular weight excluding hydrogens is 389 g/mol. The number of carbonyl (C=O) groups excluding carboxylic acids is 1. The van der Waals surface area contributed by atoms with Crippen LogP contribution in [0, 0.1) is 13.8 Å². The zero-order chi connectivity index (χ0) is 21.3. The summed E-state index contributed by atoms with van der Waals surface area (Å²) in [7, 11) is -3.06. The summed E-state index contributed by atoms with van der Waals surface area (Å²) in [5.74, 6) is -0.0946. The topological polar surface area (TPSA) is 46.2 Å². The van der Waals surface area contributed by atoms with E-state index < -0.39 is 7.14 Å². The van der Waals surface area contributed by atoms with Gasteiger partial charge in [0.1, 0.15) is 7.14 Å². The third kappa shape index (κ3) is 3.52. The zero-order valence-corrected chi connectivity index (χ0v) is 18.7. The molecule has 1 aliphatic carbocycles. The Morgan fingerprint density at radius 1 is 0.867 bits per heavy atom. The lowest BCUT2D eigenvalue weighted by Gasteiger charge is -2.40. The van der Waals surface area contributed by atoms with E-state index in [0.29, 0.717) is 0 Å². The molecule has 3 aromatic carbocycles. The van der Waals surface area contributed by atoms with E-state index in [1.54, 1.807) is 6.92 Å². The van der Waals surface area contributed by atoms with E-state index in [9.17, 15) is 4.79 Å². The Balaban J connectivity index is 1.98. The van der Waals surface area contributed by atoms with Gasteiger partial charge in [0, 0.05) is 23.2 Å². The molecule has 0 saturated heterocycles. The molecule has 0 saturated carbocycles. The summed E-state index contributed by atoms with van der Waals surface area (Å²) in [4.78, 5) is 12.2. The molecule has 0 radical (unpaired) electrons. The minimum absolute atomic E-state index is 0.0946. The van der Waals surface area contributed by atoms with Crippen LogP contribution in [0.1, 0.15) is 41.6 Å². The fourth-order valence-electron chi connectivity index (χ4n) is 4.89. The van der Waals surface area contributed by atoms with Crippen molar-refractivity contribution >= 4 is 23.7 Å². The van der Waals surface area contributed by atoms with E-state index in [2.05, 4.69) is 17.4 Å². The molecule has 0 heterocycles. The molecule has 154 valence electrons. The average Bonchev–Trinajstić information content (AvgIpc) is 2.74. The number of carbonyl (C=O) groups is 1. The number of nitrogens with one attached hydrogen (secondary N) is 1. The van der Waals surface area contributed by atoms with Gasteiger partial charge in [0.05, 0.1) is 6.04 Å². The van der Waals surface area contributed by atoms with E-state index in [1.807, 2.05) is 74.5 Å². The predicted octanol–water partition coefficient (Wildman–Crippen LogP) is 4.81. The van der Waals surface area contributed by atoms with Gasteiger partial charge in [0.25, 0.3) is 0 Å². The lowest BCUT2D eigenvalue weighted by Crippen LogP contribution is -2.42. The number of hydrogen-bond donors (Lipinski definition) is 1. The van der Waals surface area contributed by atoms with E-state index in [4.69, 9.17) is 0 Å². The fourth-order valence-corrected chi connectivity index (χ4v) is 8.82. The molecule has 0 aliphatic heterocycles. The second-order valence-electron chi connectivity index (χ2n) is 8.21. The lowest BCUT2D eigenvalue weighted by atomic mass is 9.87. The van der Waals surface area contributed by atoms with Crippen LogP contribution < -0.4 is 15.9 Å². The van der Waals surface area contributed by atoms with E-state index in [-0.39, 0.29) is 17.6 Å². The first-order chi connectivity index (χ1) is 14.4. The normalized spacial score (nSPS) is 18.5. The van der Waals surface area contributed by atoms with Crippen molar-refractivity contribution in [2.24, 2.45) is 0 Å². The SMILES string of the molecule is CC(=O)N[C@@H]1c2ccccc2CC[C@@H]1P(=O)(c1ccccc1C)c1ccccc1C. The monoisotopic (exact) mass is 417 g/mol. The number of fused-ring (bicyclic) bond motifs is 1. The van der Waals surface area contributed by atoms with Crippen LogP contribution >= 0.6 is 7.14 Å². The van der Waals surface area contributed by atoms with Crippen LogP contribution in [0.4, 0.5) is 0 Å². The molecular formula is C26H28NO2P. The van der Waals surface area contributed by atoms with E-state index in [0.717, 1.165) is 40.1 Å². The highest BCUT2D eigenvalue weighted by molar-refractivity contribution is 7.79. The van der Waals surface area contributed by atoms with Crippen molar-refractivity contribution in [3.05, 3.63) is 95.1 Å². The molecule has 4 heteroatoms. The molecule has 1 amide bonds. The number of rotatable bonds is 4. The third-order valence-corrected chi connectivity index (χ3v) is 10.2. The minimum atomic E-state index is -3.06. The van der Waals surface area contributed by atoms with Crippen LogP contribution in [0.3, 0.4) is 0 Å². The lowest BCUT2D eigenvalue weighted by molar-refractivity contribution is -0.119. The molecule has 1 aliphatic rings. The molecule has 0 aromatic heterocycles. The molecule has 0 fully saturated rings. The Bertz CT molecular complexity index is 1090. The van der Waals surface area contributed by atoms with Crippen molar-refractivity contribution in [2.75, 3.05) is 0 Å². The summed E-state index contributed by atoms with van der Waals surface area (Å²) in [6, 6.07) is 23.9. The summed E-state index contributed by atoms with van der Waals surface area (Å²) in [5, 5.41) is 4.96.